The summed E-state index contributed by atoms with van der Waals surface area (Å²) in [5, 5.41) is 2.83. The third-order valence-corrected chi connectivity index (χ3v) is 4.06. The maximum absolute atomic E-state index is 13.4. The monoisotopic (exact) mass is 394 g/mol. The van der Waals surface area contributed by atoms with Crippen LogP contribution in [0, 0.1) is 5.82 Å². The van der Waals surface area contributed by atoms with E-state index in [1.54, 1.807) is 18.2 Å². The first-order chi connectivity index (χ1) is 11.5. The summed E-state index contributed by atoms with van der Waals surface area (Å²) in [6, 6.07) is 13.5. The van der Waals surface area contributed by atoms with Crippen LogP contribution < -0.4 is 10.1 Å². The number of hydrogen-bond donors (Lipinski definition) is 1. The molecule has 0 fully saturated rings. The lowest BCUT2D eigenvalue weighted by Gasteiger charge is -2.25. The number of halogens is 2. The van der Waals surface area contributed by atoms with Crippen LogP contribution >= 0.6 is 15.9 Å². The fourth-order valence-corrected chi connectivity index (χ4v) is 2.52. The molecule has 0 radical (unpaired) electrons. The molecule has 0 aromatic heterocycles. The van der Waals surface area contributed by atoms with Gasteiger partial charge in [-0.3, -0.25) is 4.79 Å². The van der Waals surface area contributed by atoms with E-state index in [1.807, 2.05) is 37.2 Å². The van der Waals surface area contributed by atoms with Crippen molar-refractivity contribution in [3.05, 3.63) is 64.4 Å². The number of nitrogens with zero attached hydrogens (tertiary/aromatic N) is 1. The van der Waals surface area contributed by atoms with Crippen molar-refractivity contribution in [2.45, 2.75) is 6.04 Å². The van der Waals surface area contributed by atoms with E-state index < -0.39 is 0 Å². The minimum absolute atomic E-state index is 0.0646. The summed E-state index contributed by atoms with van der Waals surface area (Å²) in [5.41, 5.74) is 0.814. The van der Waals surface area contributed by atoms with E-state index in [0.717, 1.165) is 10.0 Å². The Hall–Kier alpha value is -1.92. The molecule has 128 valence electrons. The lowest BCUT2D eigenvalue weighted by Crippen LogP contribution is -2.36. The van der Waals surface area contributed by atoms with E-state index >= 15 is 0 Å². The van der Waals surface area contributed by atoms with E-state index in [4.69, 9.17) is 4.74 Å². The zero-order chi connectivity index (χ0) is 17.5. The minimum atomic E-state index is -0.288. The van der Waals surface area contributed by atoms with E-state index in [-0.39, 0.29) is 24.4 Å². The van der Waals surface area contributed by atoms with Gasteiger partial charge in [0.05, 0.1) is 6.04 Å². The Labute approximate surface area is 149 Å². The first kappa shape index (κ1) is 18.4. The second kappa shape index (κ2) is 8.80. The standard InChI is InChI=1S/C18H20BrFN2O2/c1-22(2)17(13-4-3-5-15(20)10-13)11-21-18(23)12-24-16-8-6-14(19)7-9-16/h3-10,17H,11-12H2,1-2H3,(H,21,23)/t17-/m1/s1. The van der Waals surface area contributed by atoms with Crippen molar-refractivity contribution in [3.63, 3.8) is 0 Å². The topological polar surface area (TPSA) is 41.6 Å². The average molecular weight is 395 g/mol. The van der Waals surface area contributed by atoms with Gasteiger partial charge >= 0.3 is 0 Å². The largest absolute Gasteiger partial charge is 0.484 e. The third kappa shape index (κ3) is 5.62. The molecule has 1 amide bonds. The fourth-order valence-electron chi connectivity index (χ4n) is 2.25. The molecule has 6 heteroatoms. The number of amides is 1. The van der Waals surface area contributed by atoms with Crippen molar-refractivity contribution in [2.75, 3.05) is 27.2 Å². The smallest absolute Gasteiger partial charge is 0.258 e. The van der Waals surface area contributed by atoms with Gasteiger partial charge in [0, 0.05) is 11.0 Å². The molecule has 0 spiro atoms. The van der Waals surface area contributed by atoms with Crippen LogP contribution in [0.3, 0.4) is 0 Å². The molecule has 0 saturated carbocycles. The Kier molecular flexibility index (Phi) is 6.75. The molecule has 0 aliphatic heterocycles. The molecule has 2 aromatic carbocycles. The van der Waals surface area contributed by atoms with Gasteiger partial charge in [-0.05, 0) is 56.1 Å². The van der Waals surface area contributed by atoms with Crippen LogP contribution in [0.25, 0.3) is 0 Å². The highest BCUT2D eigenvalue weighted by atomic mass is 79.9. The molecular formula is C18H20BrFN2O2. The molecule has 1 atom stereocenters. The second-order valence-electron chi connectivity index (χ2n) is 5.58. The zero-order valence-corrected chi connectivity index (χ0v) is 15.2. The second-order valence-corrected chi connectivity index (χ2v) is 6.50. The van der Waals surface area contributed by atoms with Crippen molar-refractivity contribution in [3.8, 4) is 5.75 Å². The Morgan fingerprint density at radius 1 is 1.25 bits per heavy atom. The first-order valence-corrected chi connectivity index (χ1v) is 8.32. The summed E-state index contributed by atoms with van der Waals surface area (Å²) in [7, 11) is 3.78. The average Bonchev–Trinajstić information content (AvgIpc) is 2.54. The molecule has 24 heavy (non-hydrogen) atoms. The summed E-state index contributed by atoms with van der Waals surface area (Å²) in [6.07, 6.45) is 0. The summed E-state index contributed by atoms with van der Waals surface area (Å²) in [5.74, 6) is 0.119. The molecule has 2 rings (SSSR count). The number of hydrogen-bond acceptors (Lipinski definition) is 3. The molecule has 0 aliphatic carbocycles. The predicted octanol–water partition coefficient (Wildman–Crippen LogP) is 3.39. The molecule has 4 nitrogen and oxygen atoms in total. The number of carbonyl (C=O) groups is 1. The molecule has 0 aliphatic rings. The van der Waals surface area contributed by atoms with E-state index in [1.165, 1.54) is 12.1 Å². The highest BCUT2D eigenvalue weighted by molar-refractivity contribution is 9.10. The van der Waals surface area contributed by atoms with Crippen LogP contribution in [0.5, 0.6) is 5.75 Å². The fraction of sp³-hybridized carbons (Fsp3) is 0.278. The number of benzene rings is 2. The van der Waals surface area contributed by atoms with Crippen molar-refractivity contribution < 1.29 is 13.9 Å². The van der Waals surface area contributed by atoms with Crippen LogP contribution in [0.1, 0.15) is 11.6 Å². The van der Waals surface area contributed by atoms with Gasteiger partial charge in [0.2, 0.25) is 0 Å². The van der Waals surface area contributed by atoms with Crippen molar-refractivity contribution in [1.82, 2.24) is 10.2 Å². The molecule has 0 unspecified atom stereocenters. The Morgan fingerprint density at radius 2 is 1.96 bits per heavy atom. The van der Waals surface area contributed by atoms with Crippen LogP contribution in [0.2, 0.25) is 0 Å². The van der Waals surface area contributed by atoms with Gasteiger partial charge in [-0.2, -0.15) is 0 Å². The maximum atomic E-state index is 13.4. The minimum Gasteiger partial charge on any atom is -0.484 e. The van der Waals surface area contributed by atoms with Crippen molar-refractivity contribution >= 4 is 21.8 Å². The molecule has 0 bridgehead atoms. The Morgan fingerprint density at radius 3 is 2.58 bits per heavy atom. The van der Waals surface area contributed by atoms with Gasteiger partial charge in [0.15, 0.2) is 6.61 Å². The number of ether oxygens (including phenoxy) is 1. The zero-order valence-electron chi connectivity index (χ0n) is 13.6. The van der Waals surface area contributed by atoms with E-state index in [2.05, 4.69) is 21.2 Å². The van der Waals surface area contributed by atoms with Crippen molar-refractivity contribution in [2.24, 2.45) is 0 Å². The van der Waals surface area contributed by atoms with Crippen LogP contribution in [-0.2, 0) is 4.79 Å². The van der Waals surface area contributed by atoms with Gasteiger partial charge in [0.25, 0.3) is 5.91 Å². The van der Waals surface area contributed by atoms with Crippen molar-refractivity contribution in [1.29, 1.82) is 0 Å². The number of rotatable bonds is 7. The van der Waals surface area contributed by atoms with E-state index in [9.17, 15) is 9.18 Å². The summed E-state index contributed by atoms with van der Waals surface area (Å²) >= 11 is 3.34. The molecule has 0 heterocycles. The normalized spacial score (nSPS) is 12.0. The van der Waals surface area contributed by atoms with Gasteiger partial charge in [0.1, 0.15) is 11.6 Å². The Bertz CT molecular complexity index is 677. The van der Waals surface area contributed by atoms with E-state index in [0.29, 0.717) is 12.3 Å². The van der Waals surface area contributed by atoms with Crippen LogP contribution in [0.4, 0.5) is 4.39 Å². The summed E-state index contributed by atoms with van der Waals surface area (Å²) < 4.78 is 19.8. The maximum Gasteiger partial charge on any atom is 0.258 e. The summed E-state index contributed by atoms with van der Waals surface area (Å²) in [4.78, 5) is 13.9. The summed E-state index contributed by atoms with van der Waals surface area (Å²) in [6.45, 7) is 0.309. The van der Waals surface area contributed by atoms with Crippen LogP contribution in [-0.4, -0.2) is 38.1 Å². The Balaban J connectivity index is 1.87. The highest BCUT2D eigenvalue weighted by Gasteiger charge is 2.16. The highest BCUT2D eigenvalue weighted by Crippen LogP contribution is 2.18. The molecule has 2 aromatic rings. The van der Waals surface area contributed by atoms with Crippen LogP contribution in [0.15, 0.2) is 53.0 Å². The molecular weight excluding hydrogens is 375 g/mol. The number of nitrogens with one attached hydrogen (secondary N) is 1. The molecule has 0 saturated heterocycles. The first-order valence-electron chi connectivity index (χ1n) is 7.52. The lowest BCUT2D eigenvalue weighted by molar-refractivity contribution is -0.123. The predicted molar refractivity (Wildman–Crippen MR) is 95.5 cm³/mol. The van der Waals surface area contributed by atoms with Gasteiger partial charge < -0.3 is 15.0 Å². The number of carbonyl (C=O) groups excluding carboxylic acids is 1. The van der Waals surface area contributed by atoms with Gasteiger partial charge in [-0.25, -0.2) is 4.39 Å². The molecule has 1 N–H and O–H groups in total. The van der Waals surface area contributed by atoms with Gasteiger partial charge in [-0.15, -0.1) is 0 Å². The lowest BCUT2D eigenvalue weighted by atomic mass is 10.1. The van der Waals surface area contributed by atoms with Gasteiger partial charge in [-0.1, -0.05) is 28.1 Å². The quantitative estimate of drug-likeness (QED) is 0.782. The third-order valence-electron chi connectivity index (χ3n) is 3.53. The SMILES string of the molecule is CN(C)[C@H](CNC(=O)COc1ccc(Br)cc1)c1cccc(F)c1. The number of likely N-dealkylation sites (N-methyl/N-ethyl adjacent to an activating group) is 1.